The second-order valence-corrected chi connectivity index (χ2v) is 9.45. The zero-order chi connectivity index (χ0) is 24.9. The van der Waals surface area contributed by atoms with Gasteiger partial charge in [-0.25, -0.2) is 0 Å². The molecule has 1 unspecified atom stereocenters. The Morgan fingerprint density at radius 2 is 1.91 bits per heavy atom. The van der Waals surface area contributed by atoms with Gasteiger partial charge >= 0.3 is 0 Å². The van der Waals surface area contributed by atoms with E-state index in [-0.39, 0.29) is 23.3 Å². The third kappa shape index (κ3) is 5.16. The number of carbonyl (C=O) groups excluding carboxylic acids is 1. The van der Waals surface area contributed by atoms with Gasteiger partial charge in [0.2, 0.25) is 11.7 Å². The third-order valence-corrected chi connectivity index (χ3v) is 6.94. The minimum absolute atomic E-state index is 0.0704. The van der Waals surface area contributed by atoms with Crippen LogP contribution >= 0.6 is 11.8 Å². The number of carbonyl (C=O) groups is 1. The van der Waals surface area contributed by atoms with E-state index in [1.165, 1.54) is 21.9 Å². The standard InChI is InChI=1S/C26H30N6O2S/c1-5-15-31-24(34)20-9-7-8-10-21(20)32-25(31)28-29-26(32)35-17-23(33)27-16-22(30(3)4)19-13-11-18(6-2)12-14-19/h5,7-14,22H,1,6,15-17H2,2-4H3,(H,27,33). The quantitative estimate of drug-likeness (QED) is 0.271. The molecule has 0 aliphatic carbocycles. The van der Waals surface area contributed by atoms with Gasteiger partial charge in [0.15, 0.2) is 5.16 Å². The Morgan fingerprint density at radius 1 is 1.17 bits per heavy atom. The van der Waals surface area contributed by atoms with Crippen molar-refractivity contribution >= 4 is 34.3 Å². The molecule has 2 heterocycles. The molecular weight excluding hydrogens is 460 g/mol. The van der Waals surface area contributed by atoms with Crippen LogP contribution in [0, 0.1) is 0 Å². The highest BCUT2D eigenvalue weighted by molar-refractivity contribution is 7.99. The summed E-state index contributed by atoms with van der Waals surface area (Å²) in [4.78, 5) is 27.8. The fourth-order valence-electron chi connectivity index (χ4n) is 4.09. The number of rotatable bonds is 10. The highest BCUT2D eigenvalue weighted by Gasteiger charge is 2.18. The SMILES string of the molecule is C=CCn1c(=O)c2ccccc2n2c(SCC(=O)NCC(c3ccc(CC)cc3)N(C)C)nnc12. The van der Waals surface area contributed by atoms with E-state index >= 15 is 0 Å². The summed E-state index contributed by atoms with van der Waals surface area (Å²) < 4.78 is 3.37. The highest BCUT2D eigenvalue weighted by atomic mass is 32.2. The molecule has 0 saturated heterocycles. The maximum absolute atomic E-state index is 12.9. The first-order valence-corrected chi connectivity index (χ1v) is 12.6. The normalized spacial score (nSPS) is 12.3. The third-order valence-electron chi connectivity index (χ3n) is 6.01. The summed E-state index contributed by atoms with van der Waals surface area (Å²) in [5.74, 6) is 0.525. The topological polar surface area (TPSA) is 84.5 Å². The lowest BCUT2D eigenvalue weighted by molar-refractivity contribution is -0.118. The summed E-state index contributed by atoms with van der Waals surface area (Å²) in [6.45, 7) is 6.71. The predicted molar refractivity (Wildman–Crippen MR) is 141 cm³/mol. The van der Waals surface area contributed by atoms with Gasteiger partial charge in [-0.1, -0.05) is 61.2 Å². The molecule has 0 radical (unpaired) electrons. The molecule has 1 N–H and O–H groups in total. The number of amides is 1. The molecule has 4 rings (SSSR count). The lowest BCUT2D eigenvalue weighted by Crippen LogP contribution is -2.35. The van der Waals surface area contributed by atoms with Gasteiger partial charge in [0.1, 0.15) is 0 Å². The second-order valence-electron chi connectivity index (χ2n) is 8.51. The lowest BCUT2D eigenvalue weighted by atomic mass is 10.0. The van der Waals surface area contributed by atoms with Gasteiger partial charge in [-0.05, 0) is 43.8 Å². The number of allylic oxidation sites excluding steroid dienone is 1. The molecule has 35 heavy (non-hydrogen) atoms. The first kappa shape index (κ1) is 24.7. The van der Waals surface area contributed by atoms with Crippen LogP contribution < -0.4 is 10.9 Å². The average molecular weight is 491 g/mol. The number of hydrogen-bond donors (Lipinski definition) is 1. The molecule has 4 aromatic rings. The van der Waals surface area contributed by atoms with E-state index < -0.39 is 0 Å². The van der Waals surface area contributed by atoms with E-state index in [0.29, 0.717) is 34.9 Å². The van der Waals surface area contributed by atoms with Gasteiger partial charge in [0, 0.05) is 13.1 Å². The minimum atomic E-state index is -0.142. The molecule has 9 heteroatoms. The number of para-hydroxylation sites is 1. The number of fused-ring (bicyclic) bond motifs is 3. The minimum Gasteiger partial charge on any atom is -0.353 e. The fourth-order valence-corrected chi connectivity index (χ4v) is 4.86. The van der Waals surface area contributed by atoms with Crippen LogP contribution in [-0.4, -0.2) is 56.4 Å². The molecule has 0 saturated carbocycles. The molecule has 1 atom stereocenters. The van der Waals surface area contributed by atoms with E-state index in [0.717, 1.165) is 12.0 Å². The van der Waals surface area contributed by atoms with Crippen LogP contribution in [0.25, 0.3) is 16.7 Å². The van der Waals surface area contributed by atoms with E-state index in [9.17, 15) is 9.59 Å². The zero-order valence-corrected chi connectivity index (χ0v) is 21.1. The van der Waals surface area contributed by atoms with Gasteiger partial charge in [-0.15, -0.1) is 16.8 Å². The fraction of sp³-hybridized carbons (Fsp3) is 0.308. The highest BCUT2D eigenvalue weighted by Crippen LogP contribution is 2.22. The maximum Gasteiger partial charge on any atom is 0.263 e. The summed E-state index contributed by atoms with van der Waals surface area (Å²) in [7, 11) is 4.02. The number of nitrogens with zero attached hydrogens (tertiary/aromatic N) is 5. The van der Waals surface area contributed by atoms with Crippen molar-refractivity contribution < 1.29 is 4.79 Å². The number of aromatic nitrogens is 4. The number of hydrogen-bond acceptors (Lipinski definition) is 6. The monoisotopic (exact) mass is 490 g/mol. The maximum atomic E-state index is 12.9. The van der Waals surface area contributed by atoms with Crippen LogP contribution in [0.5, 0.6) is 0 Å². The summed E-state index contributed by atoms with van der Waals surface area (Å²) in [6, 6.07) is 15.9. The first-order chi connectivity index (χ1) is 16.9. The van der Waals surface area contributed by atoms with Crippen LogP contribution in [0.2, 0.25) is 0 Å². The summed E-state index contributed by atoms with van der Waals surface area (Å²) in [5.41, 5.74) is 3.02. The van der Waals surface area contributed by atoms with E-state index in [2.05, 4.69) is 58.2 Å². The van der Waals surface area contributed by atoms with Gasteiger partial charge in [0.25, 0.3) is 5.56 Å². The Kier molecular flexibility index (Phi) is 7.67. The Bertz CT molecular complexity index is 1410. The molecule has 8 nitrogen and oxygen atoms in total. The Hall–Kier alpha value is -3.43. The van der Waals surface area contributed by atoms with Gasteiger partial charge in [-0.3, -0.25) is 18.6 Å². The summed E-state index contributed by atoms with van der Waals surface area (Å²) in [5, 5.41) is 12.7. The van der Waals surface area contributed by atoms with Crippen molar-refractivity contribution in [2.24, 2.45) is 0 Å². The molecular formula is C26H30N6O2S. The van der Waals surface area contributed by atoms with E-state index in [1.54, 1.807) is 12.1 Å². The summed E-state index contributed by atoms with van der Waals surface area (Å²) in [6.07, 6.45) is 2.65. The van der Waals surface area contributed by atoms with Crippen molar-refractivity contribution in [2.75, 3.05) is 26.4 Å². The summed E-state index contributed by atoms with van der Waals surface area (Å²) >= 11 is 1.30. The molecule has 0 spiro atoms. The zero-order valence-electron chi connectivity index (χ0n) is 20.3. The van der Waals surface area contributed by atoms with Crippen LogP contribution in [0.3, 0.4) is 0 Å². The Labute approximate surface area is 208 Å². The van der Waals surface area contributed by atoms with Crippen molar-refractivity contribution in [1.29, 1.82) is 0 Å². The molecule has 1 amide bonds. The van der Waals surface area contributed by atoms with Crippen molar-refractivity contribution in [3.63, 3.8) is 0 Å². The van der Waals surface area contributed by atoms with Crippen LogP contribution in [0.1, 0.15) is 24.1 Å². The lowest BCUT2D eigenvalue weighted by Gasteiger charge is -2.25. The molecule has 0 bridgehead atoms. The molecule has 2 aromatic heterocycles. The van der Waals surface area contributed by atoms with Gasteiger partial charge < -0.3 is 10.2 Å². The number of benzene rings is 2. The van der Waals surface area contributed by atoms with Gasteiger partial charge in [0.05, 0.1) is 22.7 Å². The molecule has 0 aliphatic rings. The molecule has 182 valence electrons. The smallest absolute Gasteiger partial charge is 0.263 e. The molecule has 0 aliphatic heterocycles. The first-order valence-electron chi connectivity index (χ1n) is 11.6. The van der Waals surface area contributed by atoms with E-state index in [4.69, 9.17) is 0 Å². The average Bonchev–Trinajstić information content (AvgIpc) is 3.29. The Balaban J connectivity index is 1.50. The van der Waals surface area contributed by atoms with Crippen LogP contribution in [0.4, 0.5) is 0 Å². The van der Waals surface area contributed by atoms with Gasteiger partial charge in [-0.2, -0.15) is 0 Å². The number of likely N-dealkylation sites (N-methyl/N-ethyl adjacent to an activating group) is 1. The number of aryl methyl sites for hydroxylation is 1. The van der Waals surface area contributed by atoms with Crippen molar-refractivity contribution in [2.45, 2.75) is 31.1 Å². The van der Waals surface area contributed by atoms with Crippen molar-refractivity contribution in [3.05, 3.63) is 82.7 Å². The number of nitrogens with one attached hydrogen (secondary N) is 1. The van der Waals surface area contributed by atoms with Crippen LogP contribution in [-0.2, 0) is 17.8 Å². The predicted octanol–water partition coefficient (Wildman–Crippen LogP) is 3.30. The largest absolute Gasteiger partial charge is 0.353 e. The Morgan fingerprint density at radius 3 is 2.60 bits per heavy atom. The molecule has 0 fully saturated rings. The van der Waals surface area contributed by atoms with Crippen molar-refractivity contribution in [1.82, 2.24) is 29.4 Å². The second kappa shape index (κ2) is 10.9. The van der Waals surface area contributed by atoms with Crippen molar-refractivity contribution in [3.8, 4) is 0 Å². The molecule has 2 aromatic carbocycles. The number of thioether (sulfide) groups is 1. The van der Waals surface area contributed by atoms with E-state index in [1.807, 2.05) is 36.7 Å². The van der Waals surface area contributed by atoms with Crippen LogP contribution in [0.15, 0.2) is 71.1 Å².